The van der Waals surface area contributed by atoms with Crippen molar-refractivity contribution in [3.63, 3.8) is 0 Å². The molecule has 0 bridgehead atoms. The van der Waals surface area contributed by atoms with E-state index < -0.39 is 18.0 Å². The maximum absolute atomic E-state index is 13.4. The lowest BCUT2D eigenvalue weighted by atomic mass is 10.2. The Morgan fingerprint density at radius 2 is 1.92 bits per heavy atom. The molecule has 0 fully saturated rings. The van der Waals surface area contributed by atoms with E-state index >= 15 is 0 Å². The molecule has 9 nitrogen and oxygen atoms in total. The number of aromatic nitrogens is 3. The summed E-state index contributed by atoms with van der Waals surface area (Å²) in [6.45, 7) is 5.66. The van der Waals surface area contributed by atoms with Gasteiger partial charge in [0.05, 0.1) is 17.0 Å². The largest absolute Gasteiger partial charge is 0.479 e. The summed E-state index contributed by atoms with van der Waals surface area (Å²) in [6, 6.07) is 11.2. The van der Waals surface area contributed by atoms with Crippen LogP contribution in [-0.2, 0) is 16.1 Å². The zero-order chi connectivity index (χ0) is 27.4. The smallest absolute Gasteiger partial charge is 0.341 e. The van der Waals surface area contributed by atoms with E-state index in [1.54, 1.807) is 48.0 Å². The summed E-state index contributed by atoms with van der Waals surface area (Å²) in [4.78, 5) is 48.6. The van der Waals surface area contributed by atoms with Crippen molar-refractivity contribution < 1.29 is 19.1 Å². The molecule has 0 unspecified atom stereocenters. The van der Waals surface area contributed by atoms with Crippen LogP contribution in [0.2, 0.25) is 10.0 Å². The number of pyridine rings is 2. The van der Waals surface area contributed by atoms with Gasteiger partial charge in [0.15, 0.2) is 11.6 Å². The van der Waals surface area contributed by atoms with Gasteiger partial charge in [-0.3, -0.25) is 14.0 Å². The van der Waals surface area contributed by atoms with Crippen LogP contribution in [0.1, 0.15) is 44.0 Å². The van der Waals surface area contributed by atoms with Gasteiger partial charge < -0.3 is 14.0 Å². The van der Waals surface area contributed by atoms with Gasteiger partial charge in [-0.05, 0) is 56.7 Å². The molecular weight excluding hydrogens is 531 g/mol. The molecule has 0 saturated heterocycles. The van der Waals surface area contributed by atoms with Crippen molar-refractivity contribution in [2.75, 3.05) is 6.61 Å². The Bertz CT molecular complexity index is 1660. The highest BCUT2D eigenvalue weighted by Gasteiger charge is 2.22. The van der Waals surface area contributed by atoms with E-state index in [1.165, 1.54) is 23.5 Å². The number of benzene rings is 1. The molecule has 38 heavy (non-hydrogen) atoms. The van der Waals surface area contributed by atoms with Crippen molar-refractivity contribution in [1.29, 1.82) is 0 Å². The molecule has 0 aliphatic heterocycles. The minimum Gasteiger partial charge on any atom is -0.479 e. The highest BCUT2D eigenvalue weighted by Crippen LogP contribution is 2.28. The van der Waals surface area contributed by atoms with Crippen LogP contribution in [0.3, 0.4) is 0 Å². The van der Waals surface area contributed by atoms with Gasteiger partial charge in [0.25, 0.3) is 11.5 Å². The number of halogens is 2. The van der Waals surface area contributed by atoms with Crippen LogP contribution in [0.4, 0.5) is 0 Å². The van der Waals surface area contributed by atoms with E-state index in [-0.39, 0.29) is 39.4 Å². The van der Waals surface area contributed by atoms with E-state index in [0.717, 1.165) is 6.42 Å². The Morgan fingerprint density at radius 3 is 2.63 bits per heavy atom. The Labute approximate surface area is 228 Å². The fraction of sp³-hybridized carbons (Fsp3) is 0.296. The van der Waals surface area contributed by atoms with E-state index in [1.807, 2.05) is 6.92 Å². The molecule has 0 spiro atoms. The molecule has 0 aliphatic carbocycles. The number of aryl methyl sites for hydroxylation is 1. The Balaban J connectivity index is 1.95. The highest BCUT2D eigenvalue weighted by atomic mass is 35.5. The van der Waals surface area contributed by atoms with Crippen molar-refractivity contribution in [3.8, 4) is 5.75 Å². The van der Waals surface area contributed by atoms with Crippen LogP contribution in [0.5, 0.6) is 5.75 Å². The fourth-order valence-electron chi connectivity index (χ4n) is 3.89. The number of hydrogen-bond acceptors (Lipinski definition) is 6. The lowest BCUT2D eigenvalue weighted by molar-refractivity contribution is -0.124. The normalized spacial score (nSPS) is 12.6. The molecule has 0 radical (unpaired) electrons. The first-order chi connectivity index (χ1) is 18.2. The standard InChI is InChI=1S/C27H26Cl2N4O5/c1-4-6-12-33-23-18(26(35)32-13-8-7-9-22(32)30-23)15-19(27(36)37-5-2)24(33)31-25(34)16(3)38-21-11-10-17(28)14-20(21)29/h7-11,13-16H,4-6,12H2,1-3H3/t16-/m0/s1. The second-order valence-corrected chi connectivity index (χ2v) is 9.32. The highest BCUT2D eigenvalue weighted by molar-refractivity contribution is 6.35. The van der Waals surface area contributed by atoms with Crippen molar-refractivity contribution in [2.24, 2.45) is 4.99 Å². The third-order valence-electron chi connectivity index (χ3n) is 5.78. The van der Waals surface area contributed by atoms with Crippen molar-refractivity contribution in [2.45, 2.75) is 46.3 Å². The number of esters is 1. The summed E-state index contributed by atoms with van der Waals surface area (Å²) in [7, 11) is 0. The number of carbonyl (C=O) groups is 2. The number of hydrogen-bond donors (Lipinski definition) is 0. The third kappa shape index (κ3) is 5.58. The van der Waals surface area contributed by atoms with Crippen molar-refractivity contribution >= 4 is 51.8 Å². The monoisotopic (exact) mass is 556 g/mol. The first-order valence-corrected chi connectivity index (χ1v) is 12.9. The Morgan fingerprint density at radius 1 is 1.13 bits per heavy atom. The second-order valence-electron chi connectivity index (χ2n) is 8.48. The molecule has 0 N–H and O–H groups in total. The lowest BCUT2D eigenvalue weighted by Gasteiger charge is -2.16. The topological polar surface area (TPSA) is 104 Å². The number of carbonyl (C=O) groups excluding carboxylic acids is 2. The molecule has 1 aromatic carbocycles. The maximum Gasteiger partial charge on any atom is 0.341 e. The quantitative estimate of drug-likeness (QED) is 0.227. The Hall–Kier alpha value is -3.69. The number of nitrogens with zero attached hydrogens (tertiary/aromatic N) is 4. The fourth-order valence-corrected chi connectivity index (χ4v) is 4.35. The van der Waals surface area contributed by atoms with Crippen LogP contribution in [0, 0.1) is 0 Å². The number of amides is 1. The summed E-state index contributed by atoms with van der Waals surface area (Å²) in [5, 5.41) is 0.871. The second kappa shape index (κ2) is 11.8. The van der Waals surface area contributed by atoms with Gasteiger partial charge in [0.1, 0.15) is 22.6 Å². The molecule has 3 aromatic heterocycles. The van der Waals surface area contributed by atoms with Gasteiger partial charge in [-0.15, -0.1) is 0 Å². The molecule has 3 heterocycles. The van der Waals surface area contributed by atoms with E-state index in [2.05, 4.69) is 9.98 Å². The lowest BCUT2D eigenvalue weighted by Crippen LogP contribution is -2.34. The minimum atomic E-state index is -1.05. The van der Waals surface area contributed by atoms with Crippen LogP contribution in [0.15, 0.2) is 58.4 Å². The van der Waals surface area contributed by atoms with Crippen molar-refractivity contribution in [1.82, 2.24) is 14.0 Å². The van der Waals surface area contributed by atoms with Gasteiger partial charge in [-0.25, -0.2) is 9.78 Å². The van der Waals surface area contributed by atoms with E-state index in [0.29, 0.717) is 29.3 Å². The summed E-state index contributed by atoms with van der Waals surface area (Å²) < 4.78 is 14.0. The molecule has 1 amide bonds. The van der Waals surface area contributed by atoms with Gasteiger partial charge in [0.2, 0.25) is 0 Å². The number of unbranched alkanes of at least 4 members (excludes halogenated alkanes) is 1. The third-order valence-corrected chi connectivity index (χ3v) is 6.31. The number of rotatable bonds is 8. The summed E-state index contributed by atoms with van der Waals surface area (Å²) in [5.74, 6) is -1.11. The summed E-state index contributed by atoms with van der Waals surface area (Å²) >= 11 is 12.1. The average Bonchev–Trinajstić information content (AvgIpc) is 2.89. The number of fused-ring (bicyclic) bond motifs is 2. The van der Waals surface area contributed by atoms with Crippen molar-refractivity contribution in [3.05, 3.63) is 80.1 Å². The maximum atomic E-state index is 13.4. The Kier molecular flexibility index (Phi) is 8.48. The first-order valence-electron chi connectivity index (χ1n) is 12.2. The molecule has 0 saturated carbocycles. The molecule has 11 heteroatoms. The molecule has 198 valence electrons. The van der Waals surface area contributed by atoms with Crippen LogP contribution >= 0.6 is 23.2 Å². The van der Waals surface area contributed by atoms with Gasteiger partial charge in [-0.2, -0.15) is 4.99 Å². The summed E-state index contributed by atoms with van der Waals surface area (Å²) in [5.41, 5.74) is 0.400. The zero-order valence-electron chi connectivity index (χ0n) is 21.1. The predicted octanol–water partition coefficient (Wildman–Crippen LogP) is 4.83. The first kappa shape index (κ1) is 27.3. The van der Waals surface area contributed by atoms with E-state index in [9.17, 15) is 14.4 Å². The van der Waals surface area contributed by atoms with E-state index in [4.69, 9.17) is 32.7 Å². The minimum absolute atomic E-state index is 0.0182. The van der Waals surface area contributed by atoms with Crippen LogP contribution in [0.25, 0.3) is 16.7 Å². The van der Waals surface area contributed by atoms with Gasteiger partial charge in [0, 0.05) is 17.8 Å². The zero-order valence-corrected chi connectivity index (χ0v) is 22.6. The molecule has 4 aromatic rings. The van der Waals surface area contributed by atoms with Crippen LogP contribution < -0.4 is 15.8 Å². The number of ether oxygens (including phenoxy) is 2. The summed E-state index contributed by atoms with van der Waals surface area (Å²) in [6.07, 6.45) is 2.06. The van der Waals surface area contributed by atoms with Gasteiger partial charge in [-0.1, -0.05) is 42.6 Å². The molecule has 4 rings (SSSR count). The van der Waals surface area contributed by atoms with Crippen LogP contribution in [-0.4, -0.2) is 38.5 Å². The SMILES string of the molecule is CCCCn1c(=NC(=O)[C@H](C)Oc2ccc(Cl)cc2Cl)c(C(=O)OCC)cc2c(=O)n3ccccc3nc21. The predicted molar refractivity (Wildman–Crippen MR) is 145 cm³/mol. The molecule has 0 aliphatic rings. The average molecular weight is 557 g/mol. The molecular formula is C27H26Cl2N4O5. The molecule has 1 atom stereocenters. The van der Waals surface area contributed by atoms with Gasteiger partial charge >= 0.3 is 5.97 Å².